The Labute approximate surface area is 74.0 Å². The van der Waals surface area contributed by atoms with E-state index >= 15 is 0 Å². The highest BCUT2D eigenvalue weighted by Gasteiger charge is 2.20. The first-order chi connectivity index (χ1) is 5.86. The summed E-state index contributed by atoms with van der Waals surface area (Å²) in [4.78, 5) is 2.15. The molecule has 0 amide bonds. The van der Waals surface area contributed by atoms with Gasteiger partial charge in [-0.3, -0.25) is 0 Å². The van der Waals surface area contributed by atoms with Gasteiger partial charge in [-0.25, -0.2) is 0 Å². The summed E-state index contributed by atoms with van der Waals surface area (Å²) >= 11 is 0. The van der Waals surface area contributed by atoms with Gasteiger partial charge < -0.3 is 4.90 Å². The van der Waals surface area contributed by atoms with Gasteiger partial charge in [0.15, 0.2) is 0 Å². The van der Waals surface area contributed by atoms with Crippen LogP contribution in [0.25, 0.3) is 0 Å². The molecule has 1 heterocycles. The lowest BCUT2D eigenvalue weighted by Crippen LogP contribution is -2.10. The molecule has 12 heavy (non-hydrogen) atoms. The zero-order valence-electron chi connectivity index (χ0n) is 7.24. The summed E-state index contributed by atoms with van der Waals surface area (Å²) in [5, 5.41) is 0. The summed E-state index contributed by atoms with van der Waals surface area (Å²) in [6.45, 7) is 2.25. The molecule has 1 aliphatic heterocycles. The van der Waals surface area contributed by atoms with E-state index in [4.69, 9.17) is 0 Å². The predicted molar refractivity (Wildman–Crippen MR) is 50.7 cm³/mol. The van der Waals surface area contributed by atoms with Gasteiger partial charge in [-0.1, -0.05) is 30.3 Å². The Balaban J connectivity index is 2.11. The lowest BCUT2D eigenvalue weighted by atomic mass is 9.99. The number of rotatable bonds is 1. The maximum absolute atomic E-state index is 3.95. The van der Waals surface area contributed by atoms with E-state index in [1.54, 1.807) is 0 Å². The fraction of sp³-hybridized carbons (Fsp3) is 0.364. The Kier molecular flexibility index (Phi) is 2.13. The Bertz CT molecular complexity index is 242. The first-order valence-corrected chi connectivity index (χ1v) is 4.46. The van der Waals surface area contributed by atoms with Crippen molar-refractivity contribution in [3.63, 3.8) is 0 Å². The molecule has 0 spiro atoms. The van der Waals surface area contributed by atoms with Crippen LogP contribution in [0.1, 0.15) is 17.9 Å². The van der Waals surface area contributed by atoms with E-state index in [0.29, 0.717) is 5.92 Å². The van der Waals surface area contributed by atoms with Gasteiger partial charge in [0.05, 0.1) is 0 Å². The molecule has 1 aliphatic rings. The highest BCUT2D eigenvalue weighted by atomic mass is 15.1. The lowest BCUT2D eigenvalue weighted by Gasteiger charge is -2.09. The summed E-state index contributed by atoms with van der Waals surface area (Å²) in [5.41, 5.74) is 1.46. The van der Waals surface area contributed by atoms with Crippen molar-refractivity contribution in [3.05, 3.63) is 42.9 Å². The molecule has 1 aromatic carbocycles. The number of nitrogens with zero attached hydrogens (tertiary/aromatic N) is 1. The SMILES string of the molecule is [CH2]N1CCC(c2ccccc2)C1. The van der Waals surface area contributed by atoms with Crippen LogP contribution >= 0.6 is 0 Å². The van der Waals surface area contributed by atoms with Crippen LogP contribution in [0.15, 0.2) is 30.3 Å². The van der Waals surface area contributed by atoms with Crippen molar-refractivity contribution in [2.75, 3.05) is 13.1 Å². The molecule has 0 N–H and O–H groups in total. The number of benzene rings is 1. The Morgan fingerprint density at radius 2 is 2.00 bits per heavy atom. The molecule has 1 nitrogen and oxygen atoms in total. The Hall–Kier alpha value is -0.820. The third-order valence-electron chi connectivity index (χ3n) is 2.54. The Morgan fingerprint density at radius 3 is 2.58 bits per heavy atom. The second-order valence-electron chi connectivity index (χ2n) is 3.47. The van der Waals surface area contributed by atoms with Crippen LogP contribution in [-0.2, 0) is 0 Å². The van der Waals surface area contributed by atoms with E-state index < -0.39 is 0 Å². The summed E-state index contributed by atoms with van der Waals surface area (Å²) in [6, 6.07) is 10.7. The smallest absolute Gasteiger partial charge is 0.0110 e. The molecule has 1 saturated heterocycles. The molecule has 63 valence electrons. The largest absolute Gasteiger partial charge is 0.301 e. The van der Waals surface area contributed by atoms with E-state index in [-0.39, 0.29) is 0 Å². The van der Waals surface area contributed by atoms with E-state index in [9.17, 15) is 0 Å². The van der Waals surface area contributed by atoms with Crippen LogP contribution in [0, 0.1) is 7.05 Å². The minimum absolute atomic E-state index is 0.712. The topological polar surface area (TPSA) is 3.24 Å². The number of hydrogen-bond acceptors (Lipinski definition) is 1. The molecule has 1 fully saturated rings. The van der Waals surface area contributed by atoms with Crippen LogP contribution in [0.5, 0.6) is 0 Å². The second-order valence-corrected chi connectivity index (χ2v) is 3.47. The molecule has 1 atom stereocenters. The van der Waals surface area contributed by atoms with Gasteiger partial charge in [0.1, 0.15) is 0 Å². The summed E-state index contributed by atoms with van der Waals surface area (Å²) in [5.74, 6) is 0.712. The number of likely N-dealkylation sites (tertiary alicyclic amines) is 1. The zero-order valence-corrected chi connectivity index (χ0v) is 7.24. The average Bonchev–Trinajstić information content (AvgIpc) is 2.54. The molecule has 0 bridgehead atoms. The standard InChI is InChI=1S/C11H14N/c1-12-8-7-11(9-12)10-5-3-2-4-6-10/h2-6,11H,1,7-9H2. The molecule has 1 heteroatoms. The van der Waals surface area contributed by atoms with Crippen LogP contribution < -0.4 is 0 Å². The fourth-order valence-electron chi connectivity index (χ4n) is 1.83. The van der Waals surface area contributed by atoms with E-state index in [2.05, 4.69) is 42.3 Å². The second kappa shape index (κ2) is 3.28. The van der Waals surface area contributed by atoms with Crippen molar-refractivity contribution < 1.29 is 0 Å². The quantitative estimate of drug-likeness (QED) is 0.609. The molecule has 1 radical (unpaired) electrons. The third kappa shape index (κ3) is 1.51. The van der Waals surface area contributed by atoms with Crippen LogP contribution in [0.2, 0.25) is 0 Å². The molecule has 1 aromatic rings. The normalized spacial score (nSPS) is 24.6. The van der Waals surface area contributed by atoms with Crippen molar-refractivity contribution in [1.82, 2.24) is 4.90 Å². The van der Waals surface area contributed by atoms with Crippen molar-refractivity contribution in [2.24, 2.45) is 0 Å². The summed E-state index contributed by atoms with van der Waals surface area (Å²) < 4.78 is 0. The predicted octanol–water partition coefficient (Wildman–Crippen LogP) is 2.27. The molecule has 0 saturated carbocycles. The molecule has 2 rings (SSSR count). The van der Waals surface area contributed by atoms with E-state index in [1.165, 1.54) is 12.0 Å². The van der Waals surface area contributed by atoms with E-state index in [0.717, 1.165) is 13.1 Å². The van der Waals surface area contributed by atoms with Gasteiger partial charge in [0.25, 0.3) is 0 Å². The Morgan fingerprint density at radius 1 is 1.25 bits per heavy atom. The van der Waals surface area contributed by atoms with Gasteiger partial charge in [0, 0.05) is 13.6 Å². The molecule has 1 unspecified atom stereocenters. The van der Waals surface area contributed by atoms with Crippen LogP contribution in [0.3, 0.4) is 0 Å². The van der Waals surface area contributed by atoms with Crippen molar-refractivity contribution >= 4 is 0 Å². The maximum atomic E-state index is 3.95. The third-order valence-corrected chi connectivity index (χ3v) is 2.54. The maximum Gasteiger partial charge on any atom is 0.0110 e. The van der Waals surface area contributed by atoms with Gasteiger partial charge in [-0.2, -0.15) is 0 Å². The minimum atomic E-state index is 0.712. The van der Waals surface area contributed by atoms with Crippen LogP contribution in [-0.4, -0.2) is 18.0 Å². The molecule has 0 aromatic heterocycles. The van der Waals surface area contributed by atoms with Crippen molar-refractivity contribution in [1.29, 1.82) is 0 Å². The minimum Gasteiger partial charge on any atom is -0.301 e. The van der Waals surface area contributed by atoms with Crippen molar-refractivity contribution in [3.8, 4) is 0 Å². The molecule has 0 aliphatic carbocycles. The molecular weight excluding hydrogens is 146 g/mol. The first-order valence-electron chi connectivity index (χ1n) is 4.46. The fourth-order valence-corrected chi connectivity index (χ4v) is 1.83. The average molecular weight is 160 g/mol. The highest BCUT2D eigenvalue weighted by molar-refractivity contribution is 5.20. The first kappa shape index (κ1) is 7.81. The van der Waals surface area contributed by atoms with Crippen LogP contribution in [0.4, 0.5) is 0 Å². The van der Waals surface area contributed by atoms with Gasteiger partial charge in [0.2, 0.25) is 0 Å². The monoisotopic (exact) mass is 160 g/mol. The van der Waals surface area contributed by atoms with Crippen molar-refractivity contribution in [2.45, 2.75) is 12.3 Å². The van der Waals surface area contributed by atoms with Gasteiger partial charge in [-0.15, -0.1) is 0 Å². The highest BCUT2D eigenvalue weighted by Crippen LogP contribution is 2.25. The number of hydrogen-bond donors (Lipinski definition) is 0. The van der Waals surface area contributed by atoms with Gasteiger partial charge >= 0.3 is 0 Å². The molecular formula is C11H14N. The summed E-state index contributed by atoms with van der Waals surface area (Å²) in [6.07, 6.45) is 1.26. The summed E-state index contributed by atoms with van der Waals surface area (Å²) in [7, 11) is 3.95. The zero-order chi connectivity index (χ0) is 8.39. The lowest BCUT2D eigenvalue weighted by molar-refractivity contribution is 0.454. The van der Waals surface area contributed by atoms with Gasteiger partial charge in [-0.05, 0) is 24.4 Å². The van der Waals surface area contributed by atoms with E-state index in [1.807, 2.05) is 0 Å².